The Morgan fingerprint density at radius 1 is 1.11 bits per heavy atom. The number of halogens is 3. The molecule has 3 heterocycles. The van der Waals surface area contributed by atoms with Crippen LogP contribution in [0.5, 0.6) is 0 Å². The zero-order valence-electron chi connectivity index (χ0n) is 24.9. The van der Waals surface area contributed by atoms with Crippen molar-refractivity contribution in [2.75, 3.05) is 24.5 Å². The maximum atomic E-state index is 14.3. The van der Waals surface area contributed by atoms with Gasteiger partial charge >= 0.3 is 13.3 Å². The first kappa shape index (κ1) is 33.9. The third kappa shape index (κ3) is 6.54. The van der Waals surface area contributed by atoms with Gasteiger partial charge in [-0.05, 0) is 74.0 Å². The number of anilines is 1. The predicted molar refractivity (Wildman–Crippen MR) is 169 cm³/mol. The number of nitrogens with zero attached hydrogens (tertiary/aromatic N) is 3. The molecule has 4 amide bonds. The van der Waals surface area contributed by atoms with E-state index in [1.54, 1.807) is 29.2 Å². The largest absolute Gasteiger partial charge is 0.399 e. The van der Waals surface area contributed by atoms with Crippen molar-refractivity contribution in [3.8, 4) is 0 Å². The third-order valence-electron chi connectivity index (χ3n) is 8.40. The summed E-state index contributed by atoms with van der Waals surface area (Å²) < 4.78 is 40.4. The van der Waals surface area contributed by atoms with Crippen LogP contribution in [0.25, 0.3) is 10.1 Å². The molecule has 2 saturated heterocycles. The van der Waals surface area contributed by atoms with E-state index in [9.17, 15) is 32.5 Å². The number of nitrogens with one attached hydrogen (secondary N) is 1. The lowest BCUT2D eigenvalue weighted by atomic mass is 10.1. The normalized spacial score (nSPS) is 20.7. The van der Waals surface area contributed by atoms with Crippen LogP contribution in [0, 0.1) is 0 Å². The van der Waals surface area contributed by atoms with Gasteiger partial charge in [-0.15, -0.1) is 11.3 Å². The molecule has 46 heavy (non-hydrogen) atoms. The number of carbonyl (C=O) groups is 4. The van der Waals surface area contributed by atoms with Gasteiger partial charge in [-0.25, -0.2) is 0 Å². The molecule has 246 valence electrons. The summed E-state index contributed by atoms with van der Waals surface area (Å²) in [4.78, 5) is 76.9. The second-order valence-corrected chi connectivity index (χ2v) is 14.4. The van der Waals surface area contributed by atoms with Crippen molar-refractivity contribution in [2.24, 2.45) is 0 Å². The summed E-state index contributed by atoms with van der Waals surface area (Å²) in [6.07, 6.45) is 1.39. The number of alkyl halides is 2. The van der Waals surface area contributed by atoms with E-state index in [1.807, 2.05) is 6.92 Å². The molecule has 0 saturated carbocycles. The summed E-state index contributed by atoms with van der Waals surface area (Å²) in [6, 6.07) is 8.76. The van der Waals surface area contributed by atoms with E-state index in [2.05, 4.69) is 5.32 Å². The summed E-state index contributed by atoms with van der Waals surface area (Å²) in [5.74, 6) is -1.78. The molecule has 1 aromatic heterocycles. The van der Waals surface area contributed by atoms with E-state index in [1.165, 1.54) is 28.9 Å². The van der Waals surface area contributed by atoms with E-state index in [4.69, 9.17) is 21.4 Å². The lowest BCUT2D eigenvalue weighted by Crippen LogP contribution is -2.61. The predicted octanol–water partition coefficient (Wildman–Crippen LogP) is 4.55. The van der Waals surface area contributed by atoms with Crippen LogP contribution >= 0.6 is 30.5 Å². The van der Waals surface area contributed by atoms with Crippen molar-refractivity contribution in [3.63, 3.8) is 0 Å². The maximum absolute atomic E-state index is 14.3. The average Bonchev–Trinajstić information content (AvgIpc) is 3.62. The molecule has 0 aliphatic carbocycles. The van der Waals surface area contributed by atoms with Crippen LogP contribution in [-0.2, 0) is 24.6 Å². The van der Waals surface area contributed by atoms with Crippen molar-refractivity contribution < 1.29 is 42.3 Å². The number of carbonyl (C=O) groups excluding carboxylic acids is 4. The van der Waals surface area contributed by atoms with Crippen molar-refractivity contribution in [2.45, 2.75) is 56.9 Å². The van der Waals surface area contributed by atoms with Crippen molar-refractivity contribution in [3.05, 3.63) is 64.0 Å². The van der Waals surface area contributed by atoms with Crippen LogP contribution in [0.3, 0.4) is 0 Å². The Balaban J connectivity index is 1.42. The molecule has 3 aromatic rings. The molecular formula is C30H32ClF2N4O7PS. The van der Waals surface area contributed by atoms with Gasteiger partial charge in [0.25, 0.3) is 5.91 Å². The van der Waals surface area contributed by atoms with E-state index >= 15 is 0 Å². The van der Waals surface area contributed by atoms with Crippen LogP contribution in [0.1, 0.15) is 48.3 Å². The highest BCUT2D eigenvalue weighted by atomic mass is 35.5. The van der Waals surface area contributed by atoms with Gasteiger partial charge in [0.05, 0.1) is 4.88 Å². The molecule has 0 spiro atoms. The minimum Gasteiger partial charge on any atom is -0.340 e. The molecule has 0 unspecified atom stereocenters. The van der Waals surface area contributed by atoms with Gasteiger partial charge in [-0.2, -0.15) is 8.78 Å². The maximum Gasteiger partial charge on any atom is 0.399 e. The average molecular weight is 697 g/mol. The van der Waals surface area contributed by atoms with E-state index in [0.717, 1.165) is 23.5 Å². The first-order valence-electron chi connectivity index (χ1n) is 14.6. The summed E-state index contributed by atoms with van der Waals surface area (Å²) in [5.41, 5.74) is -4.70. The molecule has 11 nitrogen and oxygen atoms in total. The Bertz CT molecular complexity index is 1730. The monoisotopic (exact) mass is 696 g/mol. The molecule has 2 aliphatic rings. The molecule has 2 fully saturated rings. The molecule has 3 N–H and O–H groups in total. The number of thiophene rings is 1. The summed E-state index contributed by atoms with van der Waals surface area (Å²) >= 11 is 6.98. The van der Waals surface area contributed by atoms with Gasteiger partial charge in [0.1, 0.15) is 12.1 Å². The number of hydrogen-bond acceptors (Lipinski definition) is 6. The number of rotatable bonds is 7. The minimum absolute atomic E-state index is 0.0568. The molecule has 2 aliphatic heterocycles. The van der Waals surface area contributed by atoms with E-state index in [0.29, 0.717) is 47.8 Å². The Labute approximate surface area is 272 Å². The lowest BCUT2D eigenvalue weighted by Gasteiger charge is -2.39. The Morgan fingerprint density at radius 2 is 1.80 bits per heavy atom. The van der Waals surface area contributed by atoms with Gasteiger partial charge in [-0.1, -0.05) is 17.7 Å². The highest BCUT2D eigenvalue weighted by Crippen LogP contribution is 2.59. The molecule has 3 atom stereocenters. The van der Waals surface area contributed by atoms with Crippen LogP contribution in [-0.4, -0.2) is 81.0 Å². The first-order chi connectivity index (χ1) is 21.6. The van der Waals surface area contributed by atoms with Crippen LogP contribution in [0.2, 0.25) is 5.02 Å². The number of benzene rings is 2. The smallest absolute Gasteiger partial charge is 0.340 e. The molecule has 0 bridgehead atoms. The topological polar surface area (TPSA) is 148 Å². The SMILES string of the molecule is CCN(C(=O)[C@@H]1CC[C@@H]2CCN(C(C)=O)C[C@H](NC(=O)c3cc4cc(C(F)(F)P(=O)(O)O)ccc4s3)C(=O)N21)c1ccc(Cl)cc1. The summed E-state index contributed by atoms with van der Waals surface area (Å²) in [6.45, 7) is 3.71. The van der Waals surface area contributed by atoms with Gasteiger partial charge < -0.3 is 29.8 Å². The fraction of sp³-hybridized carbons (Fsp3) is 0.400. The number of amides is 4. The van der Waals surface area contributed by atoms with Gasteiger partial charge in [0.15, 0.2) is 0 Å². The summed E-state index contributed by atoms with van der Waals surface area (Å²) in [7, 11) is -5.80. The highest BCUT2D eigenvalue weighted by Gasteiger charge is 2.50. The first-order valence-corrected chi connectivity index (χ1v) is 17.4. The number of likely N-dealkylation sites (N-methyl/N-ethyl adjacent to an activating group) is 1. The molecule has 5 rings (SSSR count). The molecule has 2 aromatic carbocycles. The number of fused-ring (bicyclic) bond motifs is 2. The molecule has 0 radical (unpaired) electrons. The second kappa shape index (κ2) is 13.0. The van der Waals surface area contributed by atoms with E-state index < -0.39 is 42.7 Å². The Hall–Kier alpha value is -3.42. The van der Waals surface area contributed by atoms with E-state index in [-0.39, 0.29) is 34.7 Å². The van der Waals surface area contributed by atoms with Crippen molar-refractivity contribution >= 4 is 69.9 Å². The quantitative estimate of drug-likeness (QED) is 0.307. The van der Waals surface area contributed by atoms with Gasteiger partial charge in [0, 0.05) is 53.6 Å². The van der Waals surface area contributed by atoms with Gasteiger partial charge in [0.2, 0.25) is 17.7 Å². The van der Waals surface area contributed by atoms with Crippen LogP contribution in [0.15, 0.2) is 48.5 Å². The van der Waals surface area contributed by atoms with Crippen LogP contribution < -0.4 is 10.2 Å². The Kier molecular flexibility index (Phi) is 9.59. The van der Waals surface area contributed by atoms with Gasteiger partial charge in [-0.3, -0.25) is 23.7 Å². The van der Waals surface area contributed by atoms with Crippen molar-refractivity contribution in [1.82, 2.24) is 15.1 Å². The van der Waals surface area contributed by atoms with Crippen LogP contribution in [0.4, 0.5) is 14.5 Å². The fourth-order valence-corrected chi connectivity index (χ4v) is 7.56. The molecule has 16 heteroatoms. The second-order valence-electron chi connectivity index (χ2n) is 11.3. The highest BCUT2D eigenvalue weighted by molar-refractivity contribution is 7.52. The van der Waals surface area contributed by atoms with Crippen molar-refractivity contribution in [1.29, 1.82) is 0 Å². The lowest BCUT2D eigenvalue weighted by molar-refractivity contribution is -0.144. The minimum atomic E-state index is -5.80. The number of hydrogen-bond donors (Lipinski definition) is 3. The third-order valence-corrected chi connectivity index (χ3v) is 10.8. The summed E-state index contributed by atoms with van der Waals surface area (Å²) in [5, 5.41) is 3.36. The Morgan fingerprint density at radius 3 is 2.43 bits per heavy atom. The standard InChI is InChI=1S/C30H32ClF2N4O7PS/c1-3-36(21-7-5-20(31)6-8-21)29(41)24-10-9-22-12-13-35(17(2)38)16-23(28(40)37(22)24)34-27(39)26-15-18-14-19(4-11-25(18)46-26)30(32,33)45(42,43)44/h4-8,11,14-15,22-24H,3,9-10,12-13,16H2,1-2H3,(H,34,39)(H2,42,43,44)/t22-,23+,24+/m1/s1. The molecular weight excluding hydrogens is 665 g/mol. The zero-order chi connectivity index (χ0) is 33.6. The zero-order valence-corrected chi connectivity index (χ0v) is 27.3. The fourth-order valence-electron chi connectivity index (χ4n) is 6.02.